The Bertz CT molecular complexity index is 2800. The normalized spacial score (nSPS) is 23.1. The average Bonchev–Trinajstić information content (AvgIpc) is 3.82. The molecule has 2 aliphatic rings. The van der Waals surface area contributed by atoms with Gasteiger partial charge in [-0.25, -0.2) is 0 Å². The third-order valence-corrected chi connectivity index (χ3v) is 13.3. The van der Waals surface area contributed by atoms with E-state index in [0.717, 1.165) is 10.9 Å². The maximum absolute atomic E-state index is 14.7. The molecule has 0 bridgehead atoms. The van der Waals surface area contributed by atoms with Crippen LogP contribution in [-0.2, 0) is 59.2 Å². The Balaban J connectivity index is 1.51. The molecule has 11 amide bonds. The highest BCUT2D eigenvalue weighted by Crippen LogP contribution is 2.21. The first-order valence-electron chi connectivity index (χ1n) is 26.1. The number of hydrogen-bond donors (Lipinski definition) is 15. The van der Waals surface area contributed by atoms with Gasteiger partial charge in [-0.3, -0.25) is 62.7 Å². The molecule has 3 heterocycles. The number of guanidine groups is 2. The van der Waals surface area contributed by atoms with Crippen molar-refractivity contribution < 1.29 is 52.7 Å². The largest absolute Gasteiger partial charge is 0.370 e. The number of amides is 11. The van der Waals surface area contributed by atoms with E-state index in [4.69, 9.17) is 34.4 Å². The van der Waals surface area contributed by atoms with E-state index < -0.39 is 133 Å². The van der Waals surface area contributed by atoms with Gasteiger partial charge in [0.05, 0.1) is 13.0 Å². The van der Waals surface area contributed by atoms with E-state index in [-0.39, 0.29) is 88.6 Å². The summed E-state index contributed by atoms with van der Waals surface area (Å²) < 4.78 is 0. The first-order chi connectivity index (χ1) is 38.1. The van der Waals surface area contributed by atoms with Crippen molar-refractivity contribution in [3.05, 3.63) is 71.9 Å². The van der Waals surface area contributed by atoms with Crippen LogP contribution in [0.1, 0.15) is 88.3 Å². The van der Waals surface area contributed by atoms with Gasteiger partial charge in [0, 0.05) is 56.5 Å². The SMILES string of the molecule is CC(=O)N1C[C@H](C(=O)N[C@H]2CC(=O)NCCCC[C@@H](C(N)=O)NC(=O)[C@H](Cc3c[nH]c4ccccc34)NC(=O)[C@H](CCCN=C(N)N)NC(=O)C(c3ccccc3)NC(=O)[C@H](CCC(N)=O)NC2=O)NC(=O)[C@@H]1CCCN=C(N)N. The van der Waals surface area contributed by atoms with Crippen molar-refractivity contribution in [3.8, 4) is 0 Å². The zero-order valence-corrected chi connectivity index (χ0v) is 44.3. The molecule has 29 heteroatoms. The molecule has 2 aliphatic heterocycles. The summed E-state index contributed by atoms with van der Waals surface area (Å²) in [7, 11) is 0. The molecule has 0 spiro atoms. The Hall–Kier alpha value is -9.31. The molecule has 80 heavy (non-hydrogen) atoms. The molecular formula is C51H72N18O11. The Morgan fingerprint density at radius 3 is 1.91 bits per heavy atom. The molecule has 0 radical (unpaired) electrons. The number of hydrogen-bond acceptors (Lipinski definition) is 13. The van der Waals surface area contributed by atoms with Crippen LogP contribution >= 0.6 is 0 Å². The van der Waals surface area contributed by atoms with E-state index in [9.17, 15) is 52.7 Å². The van der Waals surface area contributed by atoms with Crippen molar-refractivity contribution in [1.29, 1.82) is 0 Å². The summed E-state index contributed by atoms with van der Waals surface area (Å²) in [5.74, 6) is -9.99. The number of H-pyrrole nitrogens is 1. The molecule has 2 saturated heterocycles. The van der Waals surface area contributed by atoms with Gasteiger partial charge in [-0.15, -0.1) is 0 Å². The van der Waals surface area contributed by atoms with Gasteiger partial charge in [-0.2, -0.15) is 0 Å². The van der Waals surface area contributed by atoms with Gasteiger partial charge in [-0.1, -0.05) is 48.5 Å². The summed E-state index contributed by atoms with van der Waals surface area (Å²) in [5, 5.41) is 21.5. The Labute approximate surface area is 460 Å². The Morgan fingerprint density at radius 2 is 1.25 bits per heavy atom. The number of rotatable bonds is 17. The van der Waals surface area contributed by atoms with Crippen molar-refractivity contribution in [2.24, 2.45) is 44.4 Å². The lowest BCUT2D eigenvalue weighted by Gasteiger charge is -2.38. The fourth-order valence-corrected chi connectivity index (χ4v) is 9.10. The molecule has 0 saturated carbocycles. The third kappa shape index (κ3) is 18.7. The van der Waals surface area contributed by atoms with Gasteiger partial charge in [0.2, 0.25) is 65.0 Å². The van der Waals surface area contributed by atoms with Crippen LogP contribution in [0.5, 0.6) is 0 Å². The lowest BCUT2D eigenvalue weighted by atomic mass is 10.0. The van der Waals surface area contributed by atoms with Crippen molar-refractivity contribution in [2.45, 2.75) is 126 Å². The first kappa shape index (κ1) is 61.5. The zero-order chi connectivity index (χ0) is 58.5. The van der Waals surface area contributed by atoms with Crippen LogP contribution in [0.15, 0.2) is 70.8 Å². The van der Waals surface area contributed by atoms with Gasteiger partial charge >= 0.3 is 0 Å². The topological polar surface area (TPSA) is 484 Å². The number of primary amides is 2. The Morgan fingerprint density at radius 1 is 0.650 bits per heavy atom. The van der Waals surface area contributed by atoms with E-state index >= 15 is 0 Å². The van der Waals surface area contributed by atoms with Gasteiger partial charge in [0.25, 0.3) is 0 Å². The minimum Gasteiger partial charge on any atom is -0.370 e. The number of piperazine rings is 1. The summed E-state index contributed by atoms with van der Waals surface area (Å²) >= 11 is 0. The Kier molecular flexibility index (Phi) is 23.1. The monoisotopic (exact) mass is 1110 g/mol. The van der Waals surface area contributed by atoms with Gasteiger partial charge in [-0.05, 0) is 68.6 Å². The molecule has 3 aromatic rings. The van der Waals surface area contributed by atoms with E-state index in [1.54, 1.807) is 30.5 Å². The number of aliphatic imine (C=N–C) groups is 2. The predicted molar refractivity (Wildman–Crippen MR) is 291 cm³/mol. The maximum atomic E-state index is 14.7. The van der Waals surface area contributed by atoms with Crippen molar-refractivity contribution >= 4 is 87.8 Å². The van der Waals surface area contributed by atoms with Gasteiger partial charge < -0.3 is 86.8 Å². The van der Waals surface area contributed by atoms with Gasteiger partial charge in [0.15, 0.2) is 11.9 Å². The van der Waals surface area contributed by atoms with E-state index in [0.29, 0.717) is 12.0 Å². The number of para-hydroxylation sites is 1. The second-order valence-electron chi connectivity index (χ2n) is 19.3. The number of carbonyl (C=O) groups is 11. The van der Waals surface area contributed by atoms with Crippen LogP contribution in [0.2, 0.25) is 0 Å². The molecule has 2 fully saturated rings. The third-order valence-electron chi connectivity index (χ3n) is 13.3. The summed E-state index contributed by atoms with van der Waals surface area (Å²) in [4.78, 5) is 164. The minimum atomic E-state index is -1.79. The highest BCUT2D eigenvalue weighted by molar-refractivity contribution is 6.00. The van der Waals surface area contributed by atoms with Crippen molar-refractivity contribution in [3.63, 3.8) is 0 Å². The van der Waals surface area contributed by atoms with E-state index in [2.05, 4.69) is 57.5 Å². The lowest BCUT2D eigenvalue weighted by Crippen LogP contribution is -2.66. The minimum absolute atomic E-state index is 0.0135. The molecule has 2 aromatic carbocycles. The molecule has 5 rings (SSSR count). The second kappa shape index (κ2) is 30.0. The predicted octanol–water partition coefficient (Wildman–Crippen LogP) is -4.74. The summed E-state index contributed by atoms with van der Waals surface area (Å²) in [5.41, 5.74) is 34.8. The van der Waals surface area contributed by atoms with Crippen molar-refractivity contribution in [2.75, 3.05) is 26.2 Å². The van der Waals surface area contributed by atoms with Crippen LogP contribution < -0.4 is 76.9 Å². The number of nitrogens with zero attached hydrogens (tertiary/aromatic N) is 3. The molecular weight excluding hydrogens is 1040 g/mol. The zero-order valence-electron chi connectivity index (χ0n) is 44.3. The van der Waals surface area contributed by atoms with Crippen LogP contribution in [0, 0.1) is 0 Å². The number of fused-ring (bicyclic) bond motifs is 1. The summed E-state index contributed by atoms with van der Waals surface area (Å²) in [6.07, 6.45) is 0.654. The number of benzene rings is 2. The maximum Gasteiger partial charge on any atom is 0.247 e. The van der Waals surface area contributed by atoms with Crippen molar-refractivity contribution in [1.82, 2.24) is 52.4 Å². The average molecular weight is 1110 g/mol. The molecule has 1 aromatic heterocycles. The summed E-state index contributed by atoms with van der Waals surface area (Å²) in [6.45, 7) is 0.979. The molecule has 21 N–H and O–H groups in total. The molecule has 8 atom stereocenters. The van der Waals surface area contributed by atoms with E-state index in [1.807, 2.05) is 18.2 Å². The second-order valence-corrected chi connectivity index (χ2v) is 19.3. The first-order valence-corrected chi connectivity index (χ1v) is 26.1. The number of nitrogens with two attached hydrogens (primary N) is 6. The van der Waals surface area contributed by atoms with E-state index in [1.165, 1.54) is 24.0 Å². The molecule has 432 valence electrons. The van der Waals surface area contributed by atoms with Crippen LogP contribution in [0.25, 0.3) is 10.9 Å². The number of aromatic amines is 1. The van der Waals surface area contributed by atoms with Crippen LogP contribution in [0.3, 0.4) is 0 Å². The molecule has 29 nitrogen and oxygen atoms in total. The number of nitrogens with one attached hydrogen (secondary N) is 9. The lowest BCUT2D eigenvalue weighted by molar-refractivity contribution is -0.146. The highest BCUT2D eigenvalue weighted by atomic mass is 16.2. The number of carbonyl (C=O) groups excluding carboxylic acids is 11. The fourth-order valence-electron chi connectivity index (χ4n) is 9.10. The molecule has 0 aliphatic carbocycles. The summed E-state index contributed by atoms with van der Waals surface area (Å²) in [6, 6.07) is 3.38. The van der Waals surface area contributed by atoms with Gasteiger partial charge in [0.1, 0.15) is 48.3 Å². The molecule has 1 unspecified atom stereocenters. The number of aromatic nitrogens is 1. The smallest absolute Gasteiger partial charge is 0.247 e. The quantitative estimate of drug-likeness (QED) is 0.0343. The standard InChI is InChI=1S/C51H72N18O11/c1-27(70)69-26-37(67-48(79)38(69)17-10-22-60-51(56)57)47(78)66-36-24-40(72)58-20-8-7-15-32(42(53)73)62-45(76)35(23-29-25-61-31-14-6-5-13-30(29)31)65-43(74)33(16-9-21-59-50(54)55)64-49(80)41(28-11-3-2-4-12-28)68-44(75)34(63-46(36)77)18-19-39(52)71/h2-6,11-14,25,32-38,41,61H,7-10,15-24,26H2,1H3,(H2,52,71)(H2,53,73)(H,58,72)(H,62,76)(H,63,77)(H,64,80)(H,65,74)(H,66,78)(H,67,79)(H,68,75)(H4,54,55,59)(H4,56,57,60)/t32-,33-,34-,35-,36-,37+,38-,41?/m0/s1. The highest BCUT2D eigenvalue weighted by Gasteiger charge is 2.41. The van der Waals surface area contributed by atoms with Crippen LogP contribution in [-0.4, -0.2) is 155 Å². The fraction of sp³-hybridized carbons (Fsp3) is 0.471. The van der Waals surface area contributed by atoms with Crippen LogP contribution in [0.4, 0.5) is 0 Å².